The first-order chi connectivity index (χ1) is 9.21. The van der Waals surface area contributed by atoms with E-state index in [-0.39, 0.29) is 0 Å². The van der Waals surface area contributed by atoms with Crippen LogP contribution in [0.3, 0.4) is 0 Å². The van der Waals surface area contributed by atoms with Gasteiger partial charge in [-0.2, -0.15) is 0 Å². The van der Waals surface area contributed by atoms with Gasteiger partial charge in [-0.3, -0.25) is 0 Å². The molecule has 0 saturated heterocycles. The Morgan fingerprint density at radius 1 is 0.600 bits per heavy atom. The fraction of sp³-hybridized carbons (Fsp3) is 0.750. The van der Waals surface area contributed by atoms with Gasteiger partial charge in [0.15, 0.2) is 0 Å². The number of rotatable bonds is 11. The van der Waals surface area contributed by atoms with Crippen LogP contribution in [0.4, 0.5) is 0 Å². The molecule has 0 atom stereocenters. The topological polar surface area (TPSA) is 0 Å². The molecule has 0 radical (unpaired) electrons. The maximum absolute atomic E-state index is 2.44. The molecule has 20 heavy (non-hydrogen) atoms. The summed E-state index contributed by atoms with van der Waals surface area (Å²) in [6.45, 7) is 14.3. The van der Waals surface area contributed by atoms with Crippen molar-refractivity contribution in [3.8, 4) is 0 Å². The minimum atomic E-state index is -0.973. The van der Waals surface area contributed by atoms with Crippen LogP contribution in [0.15, 0.2) is 22.2 Å². The van der Waals surface area contributed by atoms with E-state index in [4.69, 9.17) is 0 Å². The van der Waals surface area contributed by atoms with Crippen LogP contribution < -0.4 is 0 Å². The summed E-state index contributed by atoms with van der Waals surface area (Å²) in [5.74, 6) is 2.59. The van der Waals surface area contributed by atoms with Crippen molar-refractivity contribution in [1.82, 2.24) is 0 Å². The molecule has 0 bridgehead atoms. The van der Waals surface area contributed by atoms with Crippen LogP contribution >= 0.6 is 23.5 Å². The molecule has 0 amide bonds. The van der Waals surface area contributed by atoms with Crippen molar-refractivity contribution < 1.29 is 0 Å². The van der Waals surface area contributed by atoms with E-state index in [1.54, 1.807) is 0 Å². The molecule has 0 aliphatic heterocycles. The summed E-state index contributed by atoms with van der Waals surface area (Å²) < 4.78 is 0. The van der Waals surface area contributed by atoms with Crippen LogP contribution in [-0.2, 0) is 0 Å². The van der Waals surface area contributed by atoms with E-state index in [0.717, 1.165) is 0 Å². The first-order valence-corrected chi connectivity index (χ1v) is 17.0. The van der Waals surface area contributed by atoms with E-state index in [0.29, 0.717) is 0 Å². The van der Waals surface area contributed by atoms with E-state index in [9.17, 15) is 0 Å². The highest BCUT2D eigenvalue weighted by molar-refractivity contribution is 8.02. The molecule has 4 heteroatoms. The van der Waals surface area contributed by atoms with Crippen LogP contribution in [0.1, 0.15) is 25.7 Å². The van der Waals surface area contributed by atoms with Gasteiger partial charge in [0.2, 0.25) is 0 Å². The van der Waals surface area contributed by atoms with Gasteiger partial charge in [0.1, 0.15) is 0 Å². The molecule has 0 fully saturated rings. The van der Waals surface area contributed by atoms with E-state index in [2.05, 4.69) is 61.5 Å². The lowest BCUT2D eigenvalue weighted by Gasteiger charge is -2.08. The van der Waals surface area contributed by atoms with E-state index in [1.807, 2.05) is 23.5 Å². The second-order valence-corrected chi connectivity index (χ2v) is 19.7. The maximum Gasteiger partial charge on any atom is 0.0693 e. The molecule has 0 spiro atoms. The zero-order valence-corrected chi connectivity index (χ0v) is 18.0. The monoisotopic (exact) mass is 346 g/mol. The van der Waals surface area contributed by atoms with Crippen LogP contribution in [0.25, 0.3) is 0 Å². The van der Waals surface area contributed by atoms with Gasteiger partial charge in [0.05, 0.1) is 16.1 Å². The molecule has 0 saturated carbocycles. The van der Waals surface area contributed by atoms with Crippen molar-refractivity contribution in [3.63, 3.8) is 0 Å². The fourth-order valence-corrected chi connectivity index (χ4v) is 6.41. The zero-order chi connectivity index (χ0) is 15.5. The molecule has 0 aliphatic rings. The minimum Gasteiger partial charge on any atom is -0.135 e. The van der Waals surface area contributed by atoms with Crippen molar-refractivity contribution in [2.24, 2.45) is 0 Å². The summed E-state index contributed by atoms with van der Waals surface area (Å²) in [7, 11) is -1.95. The van der Waals surface area contributed by atoms with Crippen LogP contribution in [-0.4, -0.2) is 27.7 Å². The lowest BCUT2D eigenvalue weighted by Crippen LogP contribution is -2.14. The number of thioether (sulfide) groups is 2. The Morgan fingerprint density at radius 3 is 1.25 bits per heavy atom. The van der Waals surface area contributed by atoms with Gasteiger partial charge in [-0.05, 0) is 35.2 Å². The summed E-state index contributed by atoms with van der Waals surface area (Å²) in [6.07, 6.45) is 5.53. The molecule has 0 unspecified atom stereocenters. The van der Waals surface area contributed by atoms with Crippen molar-refractivity contribution in [2.75, 3.05) is 11.5 Å². The molecular formula is C16H34S2Si2. The third-order valence-electron chi connectivity index (χ3n) is 2.60. The van der Waals surface area contributed by atoms with Crippen molar-refractivity contribution >= 4 is 39.7 Å². The molecule has 0 rings (SSSR count). The van der Waals surface area contributed by atoms with Gasteiger partial charge in [0.25, 0.3) is 0 Å². The summed E-state index contributed by atoms with van der Waals surface area (Å²) >= 11 is 3.99. The molecule has 0 aromatic rings. The standard InChI is InChI=1S/C16H34S2Si2/c1-19(2,3)15-13-17-11-9-7-8-10-12-18-14-16-20(4,5)6/h13-16H,7-12H2,1-6H3/b15-13+,16-14+. The highest BCUT2D eigenvalue weighted by Gasteiger charge is 2.06. The average molecular weight is 347 g/mol. The normalized spacial score (nSPS) is 13.7. The molecule has 0 aromatic carbocycles. The van der Waals surface area contributed by atoms with Gasteiger partial charge >= 0.3 is 0 Å². The second-order valence-electron chi connectivity index (χ2n) is 7.49. The Hall–Kier alpha value is 0.614. The molecule has 0 heterocycles. The predicted octanol–water partition coefficient (Wildman–Crippen LogP) is 6.80. The summed E-state index contributed by atoms with van der Waals surface area (Å²) in [5.41, 5.74) is 4.89. The largest absolute Gasteiger partial charge is 0.135 e. The molecule has 118 valence electrons. The van der Waals surface area contributed by atoms with Crippen LogP contribution in [0.5, 0.6) is 0 Å². The Balaban J connectivity index is 3.30. The number of unbranched alkanes of at least 4 members (excludes halogenated alkanes) is 3. The molecule has 0 nitrogen and oxygen atoms in total. The Bertz CT molecular complexity index is 256. The fourth-order valence-electron chi connectivity index (χ4n) is 1.36. The predicted molar refractivity (Wildman–Crippen MR) is 108 cm³/mol. The smallest absolute Gasteiger partial charge is 0.0693 e. The quantitative estimate of drug-likeness (QED) is 0.298. The maximum atomic E-state index is 2.44. The van der Waals surface area contributed by atoms with E-state index < -0.39 is 16.1 Å². The van der Waals surface area contributed by atoms with E-state index in [1.165, 1.54) is 37.2 Å². The molecule has 0 aromatic heterocycles. The van der Waals surface area contributed by atoms with Crippen molar-refractivity contribution in [3.05, 3.63) is 22.2 Å². The van der Waals surface area contributed by atoms with Crippen LogP contribution in [0.2, 0.25) is 39.3 Å². The highest BCUT2D eigenvalue weighted by atomic mass is 32.2. The summed E-state index contributed by atoms with van der Waals surface area (Å²) in [6, 6.07) is 0. The van der Waals surface area contributed by atoms with Crippen LogP contribution in [0, 0.1) is 0 Å². The second kappa shape index (κ2) is 11.2. The first kappa shape index (κ1) is 20.6. The number of hydrogen-bond acceptors (Lipinski definition) is 2. The zero-order valence-electron chi connectivity index (χ0n) is 14.4. The van der Waals surface area contributed by atoms with Gasteiger partial charge in [-0.25, -0.2) is 0 Å². The minimum absolute atomic E-state index is 0.973. The third kappa shape index (κ3) is 18.6. The average Bonchev–Trinajstić information content (AvgIpc) is 2.27. The summed E-state index contributed by atoms with van der Waals surface area (Å²) in [4.78, 5) is 0. The van der Waals surface area contributed by atoms with E-state index >= 15 is 0 Å². The SMILES string of the molecule is C[Si](C)(C)/C=C/SCCCCCCS/C=C/[Si](C)(C)C. The van der Waals surface area contributed by atoms with Gasteiger partial charge in [-0.1, -0.05) is 63.5 Å². The van der Waals surface area contributed by atoms with Gasteiger partial charge in [-0.15, -0.1) is 23.5 Å². The van der Waals surface area contributed by atoms with Gasteiger partial charge < -0.3 is 0 Å². The first-order valence-electron chi connectivity index (χ1n) is 7.79. The third-order valence-corrected chi connectivity index (χ3v) is 7.13. The lowest BCUT2D eigenvalue weighted by molar-refractivity contribution is 0.712. The Labute approximate surface area is 138 Å². The summed E-state index contributed by atoms with van der Waals surface area (Å²) in [5, 5.41) is 4.67. The molecule has 0 N–H and O–H groups in total. The lowest BCUT2D eigenvalue weighted by atomic mass is 10.2. The Morgan fingerprint density at radius 2 is 0.950 bits per heavy atom. The Kier molecular flexibility index (Phi) is 11.6. The van der Waals surface area contributed by atoms with Crippen molar-refractivity contribution in [2.45, 2.75) is 65.0 Å². The highest BCUT2D eigenvalue weighted by Crippen LogP contribution is 2.14. The molecular weight excluding hydrogens is 312 g/mol. The number of hydrogen-bond donors (Lipinski definition) is 0. The van der Waals surface area contributed by atoms with Crippen molar-refractivity contribution in [1.29, 1.82) is 0 Å². The molecule has 0 aliphatic carbocycles. The van der Waals surface area contributed by atoms with Gasteiger partial charge in [0, 0.05) is 0 Å².